The predicted molar refractivity (Wildman–Crippen MR) is 81.0 cm³/mol. The Morgan fingerprint density at radius 1 is 1.28 bits per heavy atom. The van der Waals surface area contributed by atoms with E-state index in [1.165, 1.54) is 5.56 Å². The molecule has 0 bridgehead atoms. The van der Waals surface area contributed by atoms with Gasteiger partial charge in [0.2, 0.25) is 0 Å². The molecule has 0 aliphatic carbocycles. The van der Waals surface area contributed by atoms with Crippen LogP contribution in [0, 0.1) is 0 Å². The molecule has 0 radical (unpaired) electrons. The molecule has 5 heteroatoms. The Bertz CT molecular complexity index is 374. The number of rotatable bonds is 6. The molecule has 0 fully saturated rings. The van der Waals surface area contributed by atoms with Crippen LogP contribution in [0.15, 0.2) is 21.1 Å². The molecule has 2 atom stereocenters. The Balaban J connectivity index is 2.87. The summed E-state index contributed by atoms with van der Waals surface area (Å²) in [5.41, 5.74) is 1.17. The van der Waals surface area contributed by atoms with E-state index in [0.717, 1.165) is 27.8 Å². The van der Waals surface area contributed by atoms with Gasteiger partial charge in [-0.2, -0.15) is 0 Å². The molecule has 1 aromatic carbocycles. The summed E-state index contributed by atoms with van der Waals surface area (Å²) in [4.78, 5) is 0. The van der Waals surface area contributed by atoms with Crippen molar-refractivity contribution in [2.24, 2.45) is 0 Å². The van der Waals surface area contributed by atoms with Crippen LogP contribution in [0.5, 0.6) is 5.75 Å². The highest BCUT2D eigenvalue weighted by atomic mass is 79.9. The van der Waals surface area contributed by atoms with Crippen LogP contribution in [0.3, 0.4) is 0 Å². The second-order valence-corrected chi connectivity index (χ2v) is 5.94. The molecular formula is C13H19Br2NO2. The van der Waals surface area contributed by atoms with Crippen molar-refractivity contribution in [3.8, 4) is 5.75 Å². The molecule has 0 saturated carbocycles. The summed E-state index contributed by atoms with van der Waals surface area (Å²) in [5, 5.41) is 12.7. The Morgan fingerprint density at radius 2 is 1.83 bits per heavy atom. The van der Waals surface area contributed by atoms with E-state index >= 15 is 0 Å². The van der Waals surface area contributed by atoms with E-state index in [1.807, 2.05) is 19.1 Å². The van der Waals surface area contributed by atoms with Gasteiger partial charge in [-0.1, -0.05) is 6.92 Å². The van der Waals surface area contributed by atoms with Crippen molar-refractivity contribution in [2.75, 3.05) is 6.54 Å². The topological polar surface area (TPSA) is 41.5 Å². The Labute approximate surface area is 125 Å². The van der Waals surface area contributed by atoms with Crippen molar-refractivity contribution < 1.29 is 9.84 Å². The second-order valence-electron chi connectivity index (χ2n) is 4.23. The lowest BCUT2D eigenvalue weighted by Gasteiger charge is -2.20. The van der Waals surface area contributed by atoms with Crippen LogP contribution >= 0.6 is 31.9 Å². The van der Waals surface area contributed by atoms with Gasteiger partial charge >= 0.3 is 0 Å². The van der Waals surface area contributed by atoms with E-state index in [2.05, 4.69) is 44.1 Å². The third-order valence-electron chi connectivity index (χ3n) is 2.62. The Morgan fingerprint density at radius 3 is 2.28 bits per heavy atom. The molecule has 0 spiro atoms. The van der Waals surface area contributed by atoms with Crippen molar-refractivity contribution in [2.45, 2.75) is 39.5 Å². The first-order chi connectivity index (χ1) is 8.45. The summed E-state index contributed by atoms with van der Waals surface area (Å²) in [6.07, 6.45) is -0.762. The zero-order valence-corrected chi connectivity index (χ0v) is 14.0. The lowest BCUT2D eigenvalue weighted by Crippen LogP contribution is -2.26. The highest BCUT2D eigenvalue weighted by molar-refractivity contribution is 9.11. The average molecular weight is 381 g/mol. The quantitative estimate of drug-likeness (QED) is 0.793. The van der Waals surface area contributed by atoms with E-state index < -0.39 is 6.10 Å². The summed E-state index contributed by atoms with van der Waals surface area (Å²) in [6.45, 7) is 7.39. The third-order valence-corrected chi connectivity index (χ3v) is 3.80. The zero-order valence-electron chi connectivity index (χ0n) is 10.8. The first kappa shape index (κ1) is 16.0. The fourth-order valence-corrected chi connectivity index (χ4v) is 2.85. The summed E-state index contributed by atoms with van der Waals surface area (Å²) < 4.78 is 7.51. The molecule has 0 heterocycles. The van der Waals surface area contributed by atoms with Gasteiger partial charge in [0, 0.05) is 6.54 Å². The average Bonchev–Trinajstić information content (AvgIpc) is 2.30. The fraction of sp³-hybridized carbons (Fsp3) is 0.538. The molecule has 0 aliphatic heterocycles. The largest absolute Gasteiger partial charge is 0.486 e. The van der Waals surface area contributed by atoms with Crippen molar-refractivity contribution in [1.29, 1.82) is 0 Å². The minimum absolute atomic E-state index is 0.253. The maximum absolute atomic E-state index is 9.47. The maximum atomic E-state index is 9.47. The van der Waals surface area contributed by atoms with Gasteiger partial charge in [-0.05, 0) is 69.9 Å². The lowest BCUT2D eigenvalue weighted by molar-refractivity contribution is 0.0594. The van der Waals surface area contributed by atoms with Crippen molar-refractivity contribution in [3.63, 3.8) is 0 Å². The Hall–Kier alpha value is -0.100. The number of aliphatic hydroxyl groups is 1. The van der Waals surface area contributed by atoms with Gasteiger partial charge in [-0.3, -0.25) is 0 Å². The normalized spacial score (nSPS) is 14.3. The van der Waals surface area contributed by atoms with Crippen LogP contribution in [0.2, 0.25) is 0 Å². The van der Waals surface area contributed by atoms with E-state index in [9.17, 15) is 5.11 Å². The summed E-state index contributed by atoms with van der Waals surface area (Å²) in [6, 6.07) is 4.05. The van der Waals surface area contributed by atoms with E-state index in [1.54, 1.807) is 6.92 Å². The molecule has 102 valence electrons. The number of ether oxygens (including phenoxy) is 1. The number of benzene rings is 1. The summed E-state index contributed by atoms with van der Waals surface area (Å²) in [7, 11) is 0. The highest BCUT2D eigenvalue weighted by Crippen LogP contribution is 2.35. The molecule has 18 heavy (non-hydrogen) atoms. The lowest BCUT2D eigenvalue weighted by atomic mass is 10.2. The van der Waals surface area contributed by atoms with Gasteiger partial charge in [0.15, 0.2) is 0 Å². The van der Waals surface area contributed by atoms with Gasteiger partial charge in [-0.25, -0.2) is 0 Å². The van der Waals surface area contributed by atoms with E-state index in [0.29, 0.717) is 0 Å². The first-order valence-electron chi connectivity index (χ1n) is 5.99. The maximum Gasteiger partial charge on any atom is 0.148 e. The minimum Gasteiger partial charge on any atom is -0.486 e. The van der Waals surface area contributed by atoms with Crippen molar-refractivity contribution in [3.05, 3.63) is 26.6 Å². The second kappa shape index (κ2) is 7.48. The van der Waals surface area contributed by atoms with Crippen molar-refractivity contribution in [1.82, 2.24) is 5.32 Å². The number of nitrogens with one attached hydrogen (secondary N) is 1. The molecule has 0 aliphatic rings. The number of halogens is 2. The predicted octanol–water partition coefficient (Wildman–Crippen LogP) is 3.47. The number of aliphatic hydroxyl groups excluding tert-OH is 1. The summed E-state index contributed by atoms with van der Waals surface area (Å²) in [5.74, 6) is 0.726. The Kier molecular flexibility index (Phi) is 6.63. The molecular weight excluding hydrogens is 362 g/mol. The number of hydrogen-bond acceptors (Lipinski definition) is 3. The SMILES string of the molecule is CCNCc1cc(Br)c(OC(C)C(C)O)c(Br)c1. The van der Waals surface area contributed by atoms with Crippen LogP contribution in [-0.4, -0.2) is 23.9 Å². The van der Waals surface area contributed by atoms with Crippen LogP contribution in [0.4, 0.5) is 0 Å². The molecule has 2 N–H and O–H groups in total. The van der Waals surface area contributed by atoms with Gasteiger partial charge in [0.1, 0.15) is 11.9 Å². The molecule has 1 rings (SSSR count). The fourth-order valence-electron chi connectivity index (χ4n) is 1.38. The van der Waals surface area contributed by atoms with Crippen LogP contribution in [0.1, 0.15) is 26.3 Å². The molecule has 1 aromatic rings. The van der Waals surface area contributed by atoms with Gasteiger partial charge in [-0.15, -0.1) is 0 Å². The zero-order chi connectivity index (χ0) is 13.7. The first-order valence-corrected chi connectivity index (χ1v) is 7.57. The van der Waals surface area contributed by atoms with Gasteiger partial charge in [0.25, 0.3) is 0 Å². The van der Waals surface area contributed by atoms with E-state index in [-0.39, 0.29) is 6.10 Å². The van der Waals surface area contributed by atoms with Crippen LogP contribution in [-0.2, 0) is 6.54 Å². The molecule has 0 aromatic heterocycles. The monoisotopic (exact) mass is 379 g/mol. The standard InChI is InChI=1S/C13H19Br2NO2/c1-4-16-7-10-5-11(14)13(12(15)6-10)18-9(3)8(2)17/h5-6,8-9,16-17H,4,7H2,1-3H3. The third kappa shape index (κ3) is 4.53. The van der Waals surface area contributed by atoms with Crippen molar-refractivity contribution >= 4 is 31.9 Å². The molecule has 3 nitrogen and oxygen atoms in total. The van der Waals surface area contributed by atoms with Crippen LogP contribution < -0.4 is 10.1 Å². The number of hydrogen-bond donors (Lipinski definition) is 2. The molecule has 0 saturated heterocycles. The minimum atomic E-state index is -0.509. The smallest absolute Gasteiger partial charge is 0.148 e. The molecule has 2 unspecified atom stereocenters. The van der Waals surface area contributed by atoms with Gasteiger partial charge < -0.3 is 15.2 Å². The van der Waals surface area contributed by atoms with Crippen LogP contribution in [0.25, 0.3) is 0 Å². The van der Waals surface area contributed by atoms with Gasteiger partial charge in [0.05, 0.1) is 15.0 Å². The summed E-state index contributed by atoms with van der Waals surface area (Å²) >= 11 is 7.01. The molecule has 0 amide bonds. The van der Waals surface area contributed by atoms with E-state index in [4.69, 9.17) is 4.74 Å². The highest BCUT2D eigenvalue weighted by Gasteiger charge is 2.15.